The molecule has 0 radical (unpaired) electrons. The first-order valence-electron chi connectivity index (χ1n) is 4.71. The van der Waals surface area contributed by atoms with E-state index < -0.39 is 0 Å². The van der Waals surface area contributed by atoms with Gasteiger partial charge in [0, 0.05) is 12.0 Å². The molecule has 0 aliphatic heterocycles. The molecule has 0 atom stereocenters. The summed E-state index contributed by atoms with van der Waals surface area (Å²) in [5.74, 6) is 1.92. The minimum Gasteiger partial charge on any atom is -0.463 e. The summed E-state index contributed by atoms with van der Waals surface area (Å²) in [5, 5.41) is 0. The highest BCUT2D eigenvalue weighted by Crippen LogP contribution is 2.24. The third kappa shape index (κ3) is 2.88. The molecule has 0 unspecified atom stereocenters. The van der Waals surface area contributed by atoms with Gasteiger partial charge in [0.1, 0.15) is 18.1 Å². The molecular formula is C11H18O2. The van der Waals surface area contributed by atoms with Crippen molar-refractivity contribution in [3.63, 3.8) is 0 Å². The van der Waals surface area contributed by atoms with Crippen LogP contribution in [0, 0.1) is 0 Å². The molecule has 1 aromatic heterocycles. The van der Waals surface area contributed by atoms with Gasteiger partial charge >= 0.3 is 0 Å². The zero-order valence-electron chi connectivity index (χ0n) is 8.89. The summed E-state index contributed by atoms with van der Waals surface area (Å²) in [7, 11) is 0. The van der Waals surface area contributed by atoms with Crippen LogP contribution >= 0.6 is 0 Å². The van der Waals surface area contributed by atoms with Gasteiger partial charge in [0.25, 0.3) is 0 Å². The van der Waals surface area contributed by atoms with Crippen molar-refractivity contribution in [3.8, 4) is 0 Å². The van der Waals surface area contributed by atoms with E-state index in [9.17, 15) is 0 Å². The molecule has 2 nitrogen and oxygen atoms in total. The maximum atomic E-state index is 5.63. The third-order valence-electron chi connectivity index (χ3n) is 1.85. The summed E-state index contributed by atoms with van der Waals surface area (Å²) in [6.07, 6.45) is 0. The summed E-state index contributed by atoms with van der Waals surface area (Å²) >= 11 is 0. The van der Waals surface area contributed by atoms with Gasteiger partial charge in [-0.05, 0) is 19.1 Å². The molecule has 0 spiro atoms. The van der Waals surface area contributed by atoms with E-state index in [-0.39, 0.29) is 5.41 Å². The van der Waals surface area contributed by atoms with Crippen molar-refractivity contribution in [2.75, 3.05) is 6.61 Å². The van der Waals surface area contributed by atoms with Gasteiger partial charge in [-0.2, -0.15) is 0 Å². The largest absolute Gasteiger partial charge is 0.463 e. The van der Waals surface area contributed by atoms with Crippen LogP contribution in [-0.4, -0.2) is 6.61 Å². The predicted octanol–water partition coefficient (Wildman–Crippen LogP) is 3.11. The SMILES string of the molecule is CCOCc1ccc(C(C)(C)C)o1. The van der Waals surface area contributed by atoms with E-state index in [2.05, 4.69) is 20.8 Å². The van der Waals surface area contributed by atoms with E-state index >= 15 is 0 Å². The van der Waals surface area contributed by atoms with Gasteiger partial charge < -0.3 is 9.15 Å². The molecular weight excluding hydrogens is 164 g/mol. The Morgan fingerprint density at radius 1 is 1.31 bits per heavy atom. The maximum absolute atomic E-state index is 5.63. The Labute approximate surface area is 79.9 Å². The first-order chi connectivity index (χ1) is 6.04. The summed E-state index contributed by atoms with van der Waals surface area (Å²) < 4.78 is 10.9. The van der Waals surface area contributed by atoms with E-state index in [1.54, 1.807) is 0 Å². The van der Waals surface area contributed by atoms with Crippen molar-refractivity contribution < 1.29 is 9.15 Å². The molecule has 0 saturated heterocycles. The molecule has 0 aliphatic carbocycles. The van der Waals surface area contributed by atoms with Crippen molar-refractivity contribution >= 4 is 0 Å². The van der Waals surface area contributed by atoms with Crippen molar-refractivity contribution in [3.05, 3.63) is 23.7 Å². The lowest BCUT2D eigenvalue weighted by Crippen LogP contribution is -2.09. The number of furan rings is 1. The summed E-state index contributed by atoms with van der Waals surface area (Å²) in [6.45, 7) is 9.69. The molecule has 1 aromatic rings. The third-order valence-corrected chi connectivity index (χ3v) is 1.85. The zero-order valence-corrected chi connectivity index (χ0v) is 8.89. The van der Waals surface area contributed by atoms with E-state index in [1.165, 1.54) is 0 Å². The normalized spacial score (nSPS) is 12.0. The highest BCUT2D eigenvalue weighted by atomic mass is 16.5. The second kappa shape index (κ2) is 3.97. The van der Waals surface area contributed by atoms with E-state index in [1.807, 2.05) is 19.1 Å². The Morgan fingerprint density at radius 3 is 2.46 bits per heavy atom. The van der Waals surface area contributed by atoms with Gasteiger partial charge in [0.15, 0.2) is 0 Å². The van der Waals surface area contributed by atoms with Crippen molar-refractivity contribution in [1.82, 2.24) is 0 Å². The van der Waals surface area contributed by atoms with E-state index in [4.69, 9.17) is 9.15 Å². The first kappa shape index (κ1) is 10.3. The van der Waals surface area contributed by atoms with E-state index in [0.717, 1.165) is 18.1 Å². The average Bonchev–Trinajstić information content (AvgIpc) is 2.47. The standard InChI is InChI=1S/C11H18O2/c1-5-12-8-9-6-7-10(13-9)11(2,3)4/h6-7H,5,8H2,1-4H3. The van der Waals surface area contributed by atoms with Gasteiger partial charge in [0.05, 0.1) is 0 Å². The smallest absolute Gasteiger partial charge is 0.129 e. The lowest BCUT2D eigenvalue weighted by molar-refractivity contribution is 0.116. The highest BCUT2D eigenvalue weighted by Gasteiger charge is 2.17. The quantitative estimate of drug-likeness (QED) is 0.716. The van der Waals surface area contributed by atoms with Crippen LogP contribution in [0.15, 0.2) is 16.5 Å². The Bertz CT molecular complexity index is 255. The lowest BCUT2D eigenvalue weighted by Gasteiger charge is -2.14. The number of hydrogen-bond donors (Lipinski definition) is 0. The predicted molar refractivity (Wildman–Crippen MR) is 52.7 cm³/mol. The monoisotopic (exact) mass is 182 g/mol. The molecule has 0 aliphatic rings. The van der Waals surface area contributed by atoms with Crippen LogP contribution in [0.25, 0.3) is 0 Å². The fraction of sp³-hybridized carbons (Fsp3) is 0.636. The fourth-order valence-electron chi connectivity index (χ4n) is 1.06. The average molecular weight is 182 g/mol. The molecule has 0 N–H and O–H groups in total. The Kier molecular flexibility index (Phi) is 3.15. The summed E-state index contributed by atoms with van der Waals surface area (Å²) in [5.41, 5.74) is 0.0878. The topological polar surface area (TPSA) is 22.4 Å². The van der Waals surface area contributed by atoms with Crippen LogP contribution in [0.4, 0.5) is 0 Å². The molecule has 1 heterocycles. The number of rotatable bonds is 3. The van der Waals surface area contributed by atoms with Crippen LogP contribution in [0.3, 0.4) is 0 Å². The molecule has 0 aromatic carbocycles. The molecule has 0 saturated carbocycles. The van der Waals surface area contributed by atoms with Crippen LogP contribution in [0.2, 0.25) is 0 Å². The van der Waals surface area contributed by atoms with Gasteiger partial charge in [-0.15, -0.1) is 0 Å². The van der Waals surface area contributed by atoms with Gasteiger partial charge in [0.2, 0.25) is 0 Å². The maximum Gasteiger partial charge on any atom is 0.129 e. The van der Waals surface area contributed by atoms with Crippen molar-refractivity contribution in [1.29, 1.82) is 0 Å². The van der Waals surface area contributed by atoms with Crippen molar-refractivity contribution in [2.24, 2.45) is 0 Å². The second-order valence-corrected chi connectivity index (χ2v) is 4.15. The van der Waals surface area contributed by atoms with Crippen LogP contribution in [0.5, 0.6) is 0 Å². The van der Waals surface area contributed by atoms with Gasteiger partial charge in [-0.25, -0.2) is 0 Å². The molecule has 0 amide bonds. The van der Waals surface area contributed by atoms with Crippen molar-refractivity contribution in [2.45, 2.75) is 39.7 Å². The van der Waals surface area contributed by atoms with Gasteiger partial charge in [-0.1, -0.05) is 20.8 Å². The van der Waals surface area contributed by atoms with E-state index in [0.29, 0.717) is 6.61 Å². The molecule has 0 bridgehead atoms. The molecule has 1 rings (SSSR count). The molecule has 2 heteroatoms. The van der Waals surface area contributed by atoms with Crippen LogP contribution in [0.1, 0.15) is 39.2 Å². The number of ether oxygens (including phenoxy) is 1. The minimum absolute atomic E-state index is 0.0878. The summed E-state index contributed by atoms with van der Waals surface area (Å²) in [6, 6.07) is 4.00. The van der Waals surface area contributed by atoms with Crippen LogP contribution in [-0.2, 0) is 16.8 Å². The molecule has 13 heavy (non-hydrogen) atoms. The highest BCUT2D eigenvalue weighted by molar-refractivity contribution is 5.13. The minimum atomic E-state index is 0.0878. The Balaban J connectivity index is 2.64. The molecule has 0 fully saturated rings. The zero-order chi connectivity index (χ0) is 9.90. The second-order valence-electron chi connectivity index (χ2n) is 4.15. The lowest BCUT2D eigenvalue weighted by atomic mass is 9.94. The van der Waals surface area contributed by atoms with Crippen LogP contribution < -0.4 is 0 Å². The molecule has 74 valence electrons. The Morgan fingerprint density at radius 2 is 2.00 bits per heavy atom. The first-order valence-corrected chi connectivity index (χ1v) is 4.71. The Hall–Kier alpha value is -0.760. The van der Waals surface area contributed by atoms with Gasteiger partial charge in [-0.3, -0.25) is 0 Å². The fourth-order valence-corrected chi connectivity index (χ4v) is 1.06. The number of hydrogen-bond acceptors (Lipinski definition) is 2. The summed E-state index contributed by atoms with van der Waals surface area (Å²) in [4.78, 5) is 0.